The van der Waals surface area contributed by atoms with Crippen LogP contribution in [-0.2, 0) is 13.1 Å². The van der Waals surface area contributed by atoms with Gasteiger partial charge in [-0.2, -0.15) is 0 Å². The van der Waals surface area contributed by atoms with Gasteiger partial charge in [0, 0.05) is 35.6 Å². The summed E-state index contributed by atoms with van der Waals surface area (Å²) in [5.41, 5.74) is 9.14. The lowest BCUT2D eigenvalue weighted by Crippen LogP contribution is -2.23. The number of aromatic nitrogens is 1. The Morgan fingerprint density at radius 1 is 1.15 bits per heavy atom. The van der Waals surface area contributed by atoms with Crippen molar-refractivity contribution < 1.29 is 0 Å². The van der Waals surface area contributed by atoms with Crippen LogP contribution in [0.15, 0.2) is 47.2 Å². The quantitative estimate of drug-likeness (QED) is 0.816. The second kappa shape index (κ2) is 7.41. The van der Waals surface area contributed by atoms with Gasteiger partial charge in [-0.25, -0.2) is 0 Å². The minimum Gasteiger partial charge on any atom is -0.399 e. The van der Waals surface area contributed by atoms with Crippen LogP contribution in [0.4, 0.5) is 5.69 Å². The van der Waals surface area contributed by atoms with Crippen molar-refractivity contribution in [1.29, 1.82) is 0 Å². The maximum absolute atomic E-state index is 5.85. The number of hydrogen-bond acceptors (Lipinski definition) is 3. The van der Waals surface area contributed by atoms with Crippen molar-refractivity contribution in [1.82, 2.24) is 9.88 Å². The van der Waals surface area contributed by atoms with Crippen molar-refractivity contribution >= 4 is 21.6 Å². The Morgan fingerprint density at radius 2 is 1.95 bits per heavy atom. The molecule has 0 radical (unpaired) electrons. The number of pyridine rings is 1. The summed E-state index contributed by atoms with van der Waals surface area (Å²) in [7, 11) is 0. The molecule has 1 aromatic heterocycles. The Kier molecular flexibility index (Phi) is 5.56. The molecule has 0 saturated carbocycles. The van der Waals surface area contributed by atoms with Crippen molar-refractivity contribution in [2.75, 3.05) is 12.3 Å². The predicted molar refractivity (Wildman–Crippen MR) is 87.2 cm³/mol. The fourth-order valence-electron chi connectivity index (χ4n) is 2.28. The van der Waals surface area contributed by atoms with E-state index in [-0.39, 0.29) is 0 Å². The van der Waals surface area contributed by atoms with Crippen molar-refractivity contribution in [2.45, 2.75) is 26.4 Å². The Balaban J connectivity index is 2.07. The second-order valence-electron chi connectivity index (χ2n) is 4.97. The van der Waals surface area contributed by atoms with Gasteiger partial charge in [0.05, 0.1) is 0 Å². The summed E-state index contributed by atoms with van der Waals surface area (Å²) in [6.45, 7) is 5.06. The highest BCUT2D eigenvalue weighted by Gasteiger charge is 2.07. The summed E-state index contributed by atoms with van der Waals surface area (Å²) >= 11 is 3.47. The molecule has 2 rings (SSSR count). The number of nitrogen functional groups attached to an aromatic ring is 1. The second-order valence-corrected chi connectivity index (χ2v) is 5.88. The maximum atomic E-state index is 5.85. The molecule has 4 heteroatoms. The first kappa shape index (κ1) is 15.0. The third-order valence-electron chi connectivity index (χ3n) is 3.06. The molecule has 0 aliphatic rings. The Bertz CT molecular complexity index is 509. The van der Waals surface area contributed by atoms with Crippen molar-refractivity contribution in [3.05, 3.63) is 58.3 Å². The number of benzene rings is 1. The Morgan fingerprint density at radius 3 is 2.65 bits per heavy atom. The topological polar surface area (TPSA) is 42.1 Å². The lowest BCUT2D eigenvalue weighted by atomic mass is 10.1. The lowest BCUT2D eigenvalue weighted by molar-refractivity contribution is 0.257. The van der Waals surface area contributed by atoms with E-state index in [1.807, 2.05) is 30.6 Å². The van der Waals surface area contributed by atoms with Crippen LogP contribution in [0.2, 0.25) is 0 Å². The molecule has 0 amide bonds. The number of halogens is 1. The number of nitrogens with zero attached hydrogens (tertiary/aromatic N) is 2. The summed E-state index contributed by atoms with van der Waals surface area (Å²) in [6, 6.07) is 10.2. The van der Waals surface area contributed by atoms with Crippen molar-refractivity contribution in [3.8, 4) is 0 Å². The molecule has 20 heavy (non-hydrogen) atoms. The van der Waals surface area contributed by atoms with E-state index < -0.39 is 0 Å². The van der Waals surface area contributed by atoms with E-state index in [2.05, 4.69) is 44.9 Å². The molecule has 0 aliphatic carbocycles. The molecule has 0 saturated heterocycles. The van der Waals surface area contributed by atoms with Gasteiger partial charge in [-0.1, -0.05) is 19.1 Å². The minimum absolute atomic E-state index is 0.822. The predicted octanol–water partition coefficient (Wildman–Crippen LogP) is 3.84. The van der Waals surface area contributed by atoms with Crippen LogP contribution in [0.25, 0.3) is 0 Å². The van der Waals surface area contributed by atoms with Crippen LogP contribution in [0, 0.1) is 0 Å². The van der Waals surface area contributed by atoms with Crippen LogP contribution in [0.3, 0.4) is 0 Å². The van der Waals surface area contributed by atoms with E-state index in [4.69, 9.17) is 5.73 Å². The summed E-state index contributed by atoms with van der Waals surface area (Å²) in [4.78, 5) is 6.64. The summed E-state index contributed by atoms with van der Waals surface area (Å²) in [5, 5.41) is 0. The molecule has 2 aromatic rings. The average Bonchev–Trinajstić information content (AvgIpc) is 2.39. The molecule has 0 fully saturated rings. The monoisotopic (exact) mass is 333 g/mol. The fourth-order valence-corrected chi connectivity index (χ4v) is 2.69. The molecule has 106 valence electrons. The van der Waals surface area contributed by atoms with Gasteiger partial charge in [0.2, 0.25) is 0 Å². The summed E-state index contributed by atoms with van der Waals surface area (Å²) in [6.07, 6.45) is 4.86. The zero-order valence-corrected chi connectivity index (χ0v) is 13.3. The molecule has 2 N–H and O–H groups in total. The summed E-state index contributed by atoms with van der Waals surface area (Å²) < 4.78 is 1.02. The first-order valence-electron chi connectivity index (χ1n) is 6.83. The summed E-state index contributed by atoms with van der Waals surface area (Å²) in [5.74, 6) is 0. The molecule has 0 spiro atoms. The Hall–Kier alpha value is -1.39. The zero-order chi connectivity index (χ0) is 14.4. The van der Waals surface area contributed by atoms with Crippen molar-refractivity contribution in [2.24, 2.45) is 0 Å². The number of nitrogens with two attached hydrogens (primary N) is 1. The van der Waals surface area contributed by atoms with Crippen LogP contribution >= 0.6 is 15.9 Å². The molecule has 0 unspecified atom stereocenters. The van der Waals surface area contributed by atoms with Gasteiger partial charge in [0.1, 0.15) is 0 Å². The average molecular weight is 334 g/mol. The van der Waals surface area contributed by atoms with Gasteiger partial charge >= 0.3 is 0 Å². The van der Waals surface area contributed by atoms with Gasteiger partial charge < -0.3 is 5.73 Å². The molecular formula is C16H20BrN3. The van der Waals surface area contributed by atoms with Gasteiger partial charge in [0.15, 0.2) is 0 Å². The normalized spacial score (nSPS) is 10.9. The third-order valence-corrected chi connectivity index (χ3v) is 3.50. The molecule has 1 heterocycles. The molecular weight excluding hydrogens is 314 g/mol. The standard InChI is InChI=1S/C16H20BrN3/c1-2-6-20(11-13-4-3-5-16(18)8-13)12-14-7-15(17)10-19-9-14/h3-5,7-10H,2,6,11-12,18H2,1H3. The minimum atomic E-state index is 0.822. The maximum Gasteiger partial charge on any atom is 0.0410 e. The first-order valence-corrected chi connectivity index (χ1v) is 7.63. The van der Waals surface area contributed by atoms with Gasteiger partial charge in [-0.15, -0.1) is 0 Å². The van der Waals surface area contributed by atoms with Crippen LogP contribution in [-0.4, -0.2) is 16.4 Å². The largest absolute Gasteiger partial charge is 0.399 e. The van der Waals surface area contributed by atoms with Crippen LogP contribution < -0.4 is 5.73 Å². The smallest absolute Gasteiger partial charge is 0.0410 e. The molecule has 0 bridgehead atoms. The number of anilines is 1. The highest BCUT2D eigenvalue weighted by atomic mass is 79.9. The Labute approximate surface area is 129 Å². The van der Waals surface area contributed by atoms with E-state index in [1.165, 1.54) is 11.1 Å². The van der Waals surface area contributed by atoms with Gasteiger partial charge in [0.25, 0.3) is 0 Å². The van der Waals surface area contributed by atoms with Crippen LogP contribution in [0.1, 0.15) is 24.5 Å². The highest BCUT2D eigenvalue weighted by Crippen LogP contribution is 2.15. The number of hydrogen-bond donors (Lipinski definition) is 1. The van der Waals surface area contributed by atoms with Crippen molar-refractivity contribution in [3.63, 3.8) is 0 Å². The first-order chi connectivity index (χ1) is 9.67. The SMILES string of the molecule is CCCN(Cc1cccc(N)c1)Cc1cncc(Br)c1. The molecule has 1 aromatic carbocycles. The van der Waals surface area contributed by atoms with E-state index >= 15 is 0 Å². The highest BCUT2D eigenvalue weighted by molar-refractivity contribution is 9.10. The molecule has 3 nitrogen and oxygen atoms in total. The zero-order valence-electron chi connectivity index (χ0n) is 11.7. The van der Waals surface area contributed by atoms with E-state index in [0.29, 0.717) is 0 Å². The third kappa shape index (κ3) is 4.62. The molecule has 0 atom stereocenters. The lowest BCUT2D eigenvalue weighted by Gasteiger charge is -2.22. The van der Waals surface area contributed by atoms with Gasteiger partial charge in [-0.3, -0.25) is 9.88 Å². The van der Waals surface area contributed by atoms with Gasteiger partial charge in [-0.05, 0) is 58.2 Å². The van der Waals surface area contributed by atoms with E-state index in [9.17, 15) is 0 Å². The molecule has 0 aliphatic heterocycles. The number of rotatable bonds is 6. The fraction of sp³-hybridized carbons (Fsp3) is 0.312. The van der Waals surface area contributed by atoms with E-state index in [1.54, 1.807) is 0 Å². The van der Waals surface area contributed by atoms with E-state index in [0.717, 1.165) is 36.2 Å². The van der Waals surface area contributed by atoms with Crippen LogP contribution in [0.5, 0.6) is 0 Å².